The smallest absolute Gasteiger partial charge is 0.489 e. The van der Waals surface area contributed by atoms with Gasteiger partial charge < -0.3 is 14.6 Å². The molecule has 0 bridgehead atoms. The molecule has 0 atom stereocenters. The number of hydrogen-bond donors (Lipinski definition) is 1. The number of hydrogen-bond acceptors (Lipinski definition) is 5. The zero-order valence-electron chi connectivity index (χ0n) is 17.0. The Morgan fingerprint density at radius 3 is 2.18 bits per heavy atom. The van der Waals surface area contributed by atoms with Gasteiger partial charge in [-0.15, -0.1) is 13.2 Å². The van der Waals surface area contributed by atoms with Crippen molar-refractivity contribution >= 4 is 11.7 Å². The molecule has 0 aliphatic rings. The number of aliphatic carboxylic acids is 1. The van der Waals surface area contributed by atoms with Crippen LogP contribution in [-0.4, -0.2) is 22.4 Å². The van der Waals surface area contributed by atoms with Gasteiger partial charge in [-0.25, -0.2) is 0 Å². The maximum absolute atomic E-state index is 12.3. The number of alkyl halides is 3. The summed E-state index contributed by atoms with van der Waals surface area (Å²) in [7, 11) is 0. The fourth-order valence-electron chi connectivity index (χ4n) is 3.06. The zero-order valence-corrected chi connectivity index (χ0v) is 17.0. The molecule has 7 nitrogen and oxygen atoms in total. The summed E-state index contributed by atoms with van der Waals surface area (Å²) in [6.45, 7) is 0.112. The van der Waals surface area contributed by atoms with Crippen LogP contribution in [0.25, 0.3) is 11.1 Å². The molecule has 1 N–H and O–H groups in total. The van der Waals surface area contributed by atoms with Crippen molar-refractivity contribution in [1.29, 1.82) is 0 Å². The second-order valence-electron chi connectivity index (χ2n) is 7.00. The van der Waals surface area contributed by atoms with Crippen molar-refractivity contribution in [3.05, 3.63) is 88.0 Å². The zero-order chi connectivity index (χ0) is 24.0. The Labute approximate surface area is 186 Å². The molecule has 0 aromatic heterocycles. The van der Waals surface area contributed by atoms with Crippen molar-refractivity contribution in [2.75, 3.05) is 0 Å². The highest BCUT2D eigenvalue weighted by Crippen LogP contribution is 2.31. The molecule has 0 heterocycles. The molecule has 3 aromatic carbocycles. The molecule has 0 aliphatic heterocycles. The van der Waals surface area contributed by atoms with Gasteiger partial charge in [0.25, 0.3) is 5.69 Å². The monoisotopic (exact) mass is 461 g/mol. The van der Waals surface area contributed by atoms with Crippen molar-refractivity contribution in [3.8, 4) is 22.6 Å². The van der Waals surface area contributed by atoms with E-state index in [1.165, 1.54) is 36.4 Å². The summed E-state index contributed by atoms with van der Waals surface area (Å²) in [4.78, 5) is 21.3. The van der Waals surface area contributed by atoms with Gasteiger partial charge in [0.2, 0.25) is 0 Å². The highest BCUT2D eigenvalue weighted by molar-refractivity contribution is 5.69. The number of rotatable bonds is 9. The van der Waals surface area contributed by atoms with Gasteiger partial charge in [0.15, 0.2) is 0 Å². The van der Waals surface area contributed by atoms with E-state index in [0.29, 0.717) is 28.0 Å². The van der Waals surface area contributed by atoms with E-state index < -0.39 is 17.3 Å². The minimum Gasteiger partial charge on any atom is -0.489 e. The molecule has 10 heteroatoms. The number of nitro groups is 1. The van der Waals surface area contributed by atoms with Gasteiger partial charge in [-0.1, -0.05) is 18.2 Å². The molecule has 0 unspecified atom stereocenters. The van der Waals surface area contributed by atoms with Crippen LogP contribution in [0.2, 0.25) is 0 Å². The van der Waals surface area contributed by atoms with Gasteiger partial charge in [0, 0.05) is 18.6 Å². The van der Waals surface area contributed by atoms with Crippen molar-refractivity contribution in [2.24, 2.45) is 0 Å². The normalized spacial score (nSPS) is 11.1. The lowest BCUT2D eigenvalue weighted by Crippen LogP contribution is -2.16. The van der Waals surface area contributed by atoms with E-state index in [-0.39, 0.29) is 30.9 Å². The topological polar surface area (TPSA) is 98.9 Å². The first-order valence-corrected chi connectivity index (χ1v) is 9.68. The fourth-order valence-corrected chi connectivity index (χ4v) is 3.06. The lowest BCUT2D eigenvalue weighted by atomic mass is 10.00. The van der Waals surface area contributed by atoms with Crippen LogP contribution in [0.5, 0.6) is 11.5 Å². The number of halogens is 3. The first-order valence-electron chi connectivity index (χ1n) is 9.68. The summed E-state index contributed by atoms with van der Waals surface area (Å²) in [5.41, 5.74) is 2.53. The highest BCUT2D eigenvalue weighted by atomic mass is 19.4. The first kappa shape index (κ1) is 23.6. The Morgan fingerprint density at radius 1 is 0.970 bits per heavy atom. The Morgan fingerprint density at radius 2 is 1.61 bits per heavy atom. The molecular formula is C23H18F3NO6. The van der Waals surface area contributed by atoms with E-state index in [1.54, 1.807) is 30.3 Å². The summed E-state index contributed by atoms with van der Waals surface area (Å²) in [6, 6.07) is 16.2. The molecular weight excluding hydrogens is 443 g/mol. The number of carboxylic acid groups (broad SMARTS) is 1. The molecule has 0 saturated heterocycles. The molecule has 3 aromatic rings. The number of nitrogens with zero attached hydrogens (tertiary/aromatic N) is 1. The highest BCUT2D eigenvalue weighted by Gasteiger charge is 2.31. The van der Waals surface area contributed by atoms with Crippen LogP contribution in [0.3, 0.4) is 0 Å². The van der Waals surface area contributed by atoms with Gasteiger partial charge in [-0.3, -0.25) is 14.9 Å². The summed E-state index contributed by atoms with van der Waals surface area (Å²) >= 11 is 0. The van der Waals surface area contributed by atoms with Crippen LogP contribution in [-0.2, 0) is 17.8 Å². The summed E-state index contributed by atoms with van der Waals surface area (Å²) in [5.74, 6) is -0.897. The van der Waals surface area contributed by atoms with E-state index in [2.05, 4.69) is 4.74 Å². The average Bonchev–Trinajstić information content (AvgIpc) is 2.76. The predicted octanol–water partition coefficient (Wildman–Crippen LogP) is 5.76. The van der Waals surface area contributed by atoms with E-state index >= 15 is 0 Å². The van der Waals surface area contributed by atoms with Gasteiger partial charge in [-0.05, 0) is 65.1 Å². The predicted molar refractivity (Wildman–Crippen MR) is 112 cm³/mol. The third-order valence-corrected chi connectivity index (χ3v) is 4.63. The number of nitro benzene ring substituents is 1. The van der Waals surface area contributed by atoms with Gasteiger partial charge >= 0.3 is 12.3 Å². The number of non-ortho nitro benzene ring substituents is 1. The maximum atomic E-state index is 12.3. The van der Waals surface area contributed by atoms with Crippen LogP contribution < -0.4 is 9.47 Å². The van der Waals surface area contributed by atoms with Crippen LogP contribution in [0.4, 0.5) is 18.9 Å². The summed E-state index contributed by atoms with van der Waals surface area (Å²) in [5, 5.41) is 19.8. The first-order chi connectivity index (χ1) is 15.6. The molecule has 0 fully saturated rings. The number of benzene rings is 3. The van der Waals surface area contributed by atoms with E-state index in [0.717, 1.165) is 0 Å². The van der Waals surface area contributed by atoms with Crippen molar-refractivity contribution in [3.63, 3.8) is 0 Å². The van der Waals surface area contributed by atoms with Gasteiger partial charge in [0.05, 0.1) is 4.92 Å². The SMILES string of the molecule is O=C(O)CCc1cc(-c2ccc(OC(F)(F)F)cc2)ccc1OCc1ccc([N+](=O)[O-])cc1. The molecule has 0 saturated carbocycles. The third-order valence-electron chi connectivity index (χ3n) is 4.63. The van der Waals surface area contributed by atoms with Crippen LogP contribution >= 0.6 is 0 Å². The number of carboxylic acids is 1. The third kappa shape index (κ3) is 6.96. The maximum Gasteiger partial charge on any atom is 0.573 e. The van der Waals surface area contributed by atoms with Crippen LogP contribution in [0, 0.1) is 10.1 Å². The number of ether oxygens (including phenoxy) is 2. The minimum absolute atomic E-state index is 0.0445. The molecule has 0 amide bonds. The average molecular weight is 461 g/mol. The molecule has 0 spiro atoms. The second-order valence-corrected chi connectivity index (χ2v) is 7.00. The lowest BCUT2D eigenvalue weighted by Gasteiger charge is -2.14. The number of aryl methyl sites for hydroxylation is 1. The Kier molecular flexibility index (Phi) is 7.17. The Balaban J connectivity index is 1.79. The summed E-state index contributed by atoms with van der Waals surface area (Å²) in [6.07, 6.45) is -4.75. The molecule has 172 valence electrons. The van der Waals surface area contributed by atoms with Crippen molar-refractivity contribution in [1.82, 2.24) is 0 Å². The molecule has 0 radical (unpaired) electrons. The van der Waals surface area contributed by atoms with Crippen molar-refractivity contribution in [2.45, 2.75) is 25.8 Å². The minimum atomic E-state index is -4.78. The standard InChI is InChI=1S/C23H18F3NO6/c24-23(25,26)33-20-9-3-16(4-10-20)17-5-11-21(18(13-17)6-12-22(28)29)32-14-15-1-7-19(8-2-15)27(30)31/h1-5,7-11,13H,6,12,14H2,(H,28,29). The molecule has 3 rings (SSSR count). The Hall–Kier alpha value is -4.08. The lowest BCUT2D eigenvalue weighted by molar-refractivity contribution is -0.384. The van der Waals surface area contributed by atoms with E-state index in [4.69, 9.17) is 9.84 Å². The molecule has 33 heavy (non-hydrogen) atoms. The molecule has 0 aliphatic carbocycles. The van der Waals surface area contributed by atoms with Gasteiger partial charge in [0.1, 0.15) is 18.1 Å². The van der Waals surface area contributed by atoms with E-state index in [9.17, 15) is 28.1 Å². The second kappa shape index (κ2) is 10.0. The fraction of sp³-hybridized carbons (Fsp3) is 0.174. The quantitative estimate of drug-likeness (QED) is 0.322. The van der Waals surface area contributed by atoms with Crippen LogP contribution in [0.15, 0.2) is 66.7 Å². The van der Waals surface area contributed by atoms with Crippen LogP contribution in [0.1, 0.15) is 17.5 Å². The summed E-state index contributed by atoms with van der Waals surface area (Å²) < 4.78 is 46.7. The number of carbonyl (C=O) groups is 1. The van der Waals surface area contributed by atoms with Crippen molar-refractivity contribution < 1.29 is 37.5 Å². The largest absolute Gasteiger partial charge is 0.573 e. The Bertz CT molecular complexity index is 1130. The van der Waals surface area contributed by atoms with E-state index in [1.807, 2.05) is 0 Å². The van der Waals surface area contributed by atoms with Gasteiger partial charge in [-0.2, -0.15) is 0 Å².